The van der Waals surface area contributed by atoms with Gasteiger partial charge in [-0.05, 0) is 23.6 Å². The van der Waals surface area contributed by atoms with E-state index in [4.69, 9.17) is 4.42 Å². The Bertz CT molecular complexity index is 792. The van der Waals surface area contributed by atoms with E-state index in [-0.39, 0.29) is 5.63 Å². The van der Waals surface area contributed by atoms with Crippen LogP contribution in [0, 0.1) is 0 Å². The van der Waals surface area contributed by atoms with Gasteiger partial charge in [0, 0.05) is 9.86 Å². The molecule has 1 heterocycles. The van der Waals surface area contributed by atoms with Crippen molar-refractivity contribution in [3.05, 3.63) is 51.3 Å². The molecule has 0 N–H and O–H groups in total. The monoisotopic (exact) mass is 286 g/mol. The minimum atomic E-state index is -0.292. The molecule has 0 aliphatic heterocycles. The van der Waals surface area contributed by atoms with Crippen LogP contribution in [0.2, 0.25) is 0 Å². The van der Waals surface area contributed by atoms with Gasteiger partial charge in [-0.15, -0.1) is 0 Å². The van der Waals surface area contributed by atoms with Gasteiger partial charge in [0.2, 0.25) is 0 Å². The molecule has 4 heteroatoms. The first-order valence-electron chi connectivity index (χ1n) is 5.28. The van der Waals surface area contributed by atoms with E-state index in [0.29, 0.717) is 11.0 Å². The Balaban J connectivity index is 2.60. The molecule has 2 aromatic carbocycles. The Kier molecular flexibility index (Phi) is 2.33. The largest absolute Gasteiger partial charge is 0.422 e. The average molecular weight is 287 g/mol. The third kappa shape index (κ3) is 1.69. The summed E-state index contributed by atoms with van der Waals surface area (Å²) in [7, 11) is 1.98. The summed E-state index contributed by atoms with van der Waals surface area (Å²) in [6.45, 7) is 0. The van der Waals surface area contributed by atoms with Crippen molar-refractivity contribution in [1.82, 2.24) is 0 Å². The standard InChI is InChI=1S/C13H8BBrO2/c14-7-1-3-10-9-4-2-8(15)6-11(9)13(16)17-12(10)5-7/h1-6H,14H2. The van der Waals surface area contributed by atoms with Gasteiger partial charge in [-0.1, -0.05) is 39.6 Å². The summed E-state index contributed by atoms with van der Waals surface area (Å²) in [6, 6.07) is 11.6. The fourth-order valence-corrected chi connectivity index (χ4v) is 2.37. The van der Waals surface area contributed by atoms with Gasteiger partial charge in [0.05, 0.1) is 5.39 Å². The first kappa shape index (κ1) is 10.6. The zero-order valence-corrected chi connectivity index (χ0v) is 10.7. The van der Waals surface area contributed by atoms with Crippen molar-refractivity contribution >= 4 is 51.0 Å². The van der Waals surface area contributed by atoms with Gasteiger partial charge in [0.15, 0.2) is 0 Å². The van der Waals surface area contributed by atoms with Crippen LogP contribution in [0.3, 0.4) is 0 Å². The molecule has 3 rings (SSSR count). The zero-order chi connectivity index (χ0) is 12.0. The molecule has 82 valence electrons. The smallest absolute Gasteiger partial charge is 0.344 e. The number of rotatable bonds is 0. The fraction of sp³-hybridized carbons (Fsp3) is 0. The third-order valence-electron chi connectivity index (χ3n) is 2.83. The molecule has 0 bridgehead atoms. The molecule has 0 amide bonds. The van der Waals surface area contributed by atoms with Gasteiger partial charge >= 0.3 is 5.63 Å². The number of hydrogen-bond acceptors (Lipinski definition) is 2. The summed E-state index contributed by atoms with van der Waals surface area (Å²) < 4.78 is 6.21. The van der Waals surface area contributed by atoms with Gasteiger partial charge in [-0.2, -0.15) is 0 Å². The molecule has 0 radical (unpaired) electrons. The quantitative estimate of drug-likeness (QED) is 0.359. The van der Waals surface area contributed by atoms with Crippen LogP contribution in [0.25, 0.3) is 21.7 Å². The summed E-state index contributed by atoms with van der Waals surface area (Å²) in [5.41, 5.74) is 1.43. The summed E-state index contributed by atoms with van der Waals surface area (Å²) in [6.07, 6.45) is 0. The molecule has 0 aliphatic carbocycles. The number of fused-ring (bicyclic) bond motifs is 3. The Morgan fingerprint density at radius 2 is 1.76 bits per heavy atom. The second-order valence-electron chi connectivity index (χ2n) is 4.08. The molecule has 1 aromatic heterocycles. The topological polar surface area (TPSA) is 30.2 Å². The molecule has 0 aliphatic rings. The molecule has 2 nitrogen and oxygen atoms in total. The van der Waals surface area contributed by atoms with Crippen molar-refractivity contribution in [3.63, 3.8) is 0 Å². The highest BCUT2D eigenvalue weighted by atomic mass is 79.9. The Morgan fingerprint density at radius 1 is 1.00 bits per heavy atom. The van der Waals surface area contributed by atoms with E-state index in [1.807, 2.05) is 38.2 Å². The van der Waals surface area contributed by atoms with E-state index in [9.17, 15) is 4.79 Å². The van der Waals surface area contributed by atoms with E-state index in [2.05, 4.69) is 15.9 Å². The highest BCUT2D eigenvalue weighted by Crippen LogP contribution is 2.24. The normalized spacial score (nSPS) is 11.1. The number of halogens is 1. The minimum Gasteiger partial charge on any atom is -0.422 e. The van der Waals surface area contributed by atoms with Crippen LogP contribution in [0.5, 0.6) is 0 Å². The lowest BCUT2D eigenvalue weighted by Crippen LogP contribution is -2.04. The summed E-state index contributed by atoms with van der Waals surface area (Å²) in [4.78, 5) is 11.9. The molecule has 0 saturated heterocycles. The van der Waals surface area contributed by atoms with Crippen LogP contribution in [0.4, 0.5) is 0 Å². The van der Waals surface area contributed by atoms with Gasteiger partial charge < -0.3 is 4.42 Å². The highest BCUT2D eigenvalue weighted by Gasteiger charge is 2.07. The fourth-order valence-electron chi connectivity index (χ4n) is 2.01. The molecule has 0 spiro atoms. The van der Waals surface area contributed by atoms with Crippen LogP contribution in [-0.2, 0) is 0 Å². The van der Waals surface area contributed by atoms with E-state index in [0.717, 1.165) is 20.7 Å². The maximum Gasteiger partial charge on any atom is 0.344 e. The SMILES string of the molecule is Bc1ccc2c(c1)oc(=O)c1cc(Br)ccc12. The second kappa shape index (κ2) is 3.74. The lowest BCUT2D eigenvalue weighted by Gasteiger charge is -2.03. The summed E-state index contributed by atoms with van der Waals surface area (Å²) in [5.74, 6) is 0. The van der Waals surface area contributed by atoms with Gasteiger partial charge in [0.25, 0.3) is 0 Å². The molecule has 17 heavy (non-hydrogen) atoms. The molecule has 3 aromatic rings. The van der Waals surface area contributed by atoms with Crippen molar-refractivity contribution in [2.24, 2.45) is 0 Å². The predicted molar refractivity (Wildman–Crippen MR) is 75.9 cm³/mol. The Hall–Kier alpha value is -1.55. The lowest BCUT2D eigenvalue weighted by atomic mass is 9.94. The van der Waals surface area contributed by atoms with Crippen molar-refractivity contribution in [1.29, 1.82) is 0 Å². The van der Waals surface area contributed by atoms with Crippen molar-refractivity contribution < 1.29 is 4.42 Å². The maximum absolute atomic E-state index is 11.9. The van der Waals surface area contributed by atoms with Crippen LogP contribution < -0.4 is 11.1 Å². The molecular formula is C13H8BBrO2. The van der Waals surface area contributed by atoms with Crippen molar-refractivity contribution in [2.75, 3.05) is 0 Å². The zero-order valence-electron chi connectivity index (χ0n) is 9.16. The van der Waals surface area contributed by atoms with E-state index in [1.54, 1.807) is 6.07 Å². The van der Waals surface area contributed by atoms with Crippen LogP contribution in [0.1, 0.15) is 0 Å². The first-order valence-corrected chi connectivity index (χ1v) is 6.07. The van der Waals surface area contributed by atoms with E-state index < -0.39 is 0 Å². The molecule has 0 atom stereocenters. The van der Waals surface area contributed by atoms with Crippen LogP contribution in [-0.4, -0.2) is 7.85 Å². The summed E-state index contributed by atoms with van der Waals surface area (Å²) >= 11 is 3.36. The number of benzene rings is 2. The van der Waals surface area contributed by atoms with E-state index >= 15 is 0 Å². The minimum absolute atomic E-state index is 0.292. The average Bonchev–Trinajstić information content (AvgIpc) is 2.29. The summed E-state index contributed by atoms with van der Waals surface area (Å²) in [5, 5.41) is 2.51. The van der Waals surface area contributed by atoms with E-state index in [1.165, 1.54) is 0 Å². The van der Waals surface area contributed by atoms with Gasteiger partial charge in [0.1, 0.15) is 13.4 Å². The van der Waals surface area contributed by atoms with Gasteiger partial charge in [-0.3, -0.25) is 0 Å². The molecule has 0 fully saturated rings. The lowest BCUT2D eigenvalue weighted by molar-refractivity contribution is 0.570. The Labute approximate surface area is 107 Å². The molecule has 0 unspecified atom stereocenters. The second-order valence-corrected chi connectivity index (χ2v) is 4.99. The highest BCUT2D eigenvalue weighted by molar-refractivity contribution is 9.10. The van der Waals surface area contributed by atoms with Crippen molar-refractivity contribution in [2.45, 2.75) is 0 Å². The number of hydrogen-bond donors (Lipinski definition) is 0. The van der Waals surface area contributed by atoms with Gasteiger partial charge in [-0.25, -0.2) is 4.79 Å². The molecule has 0 saturated carbocycles. The van der Waals surface area contributed by atoms with Crippen molar-refractivity contribution in [3.8, 4) is 0 Å². The third-order valence-corrected chi connectivity index (χ3v) is 3.32. The first-order chi connectivity index (χ1) is 8.15. The Morgan fingerprint density at radius 3 is 2.59 bits per heavy atom. The van der Waals surface area contributed by atoms with Crippen LogP contribution in [0.15, 0.2) is 50.1 Å². The maximum atomic E-state index is 11.9. The predicted octanol–water partition coefficient (Wildman–Crippen LogP) is 1.97. The molecular weight excluding hydrogens is 279 g/mol. The van der Waals surface area contributed by atoms with Crippen LogP contribution >= 0.6 is 15.9 Å².